The number of aliphatic carboxylic acids is 1. The molecule has 1 aromatic carbocycles. The molecule has 0 saturated carbocycles. The molecule has 0 fully saturated rings. The smallest absolute Gasteiger partial charge is 0.356 e. The molecule has 2 aromatic heterocycles. The molecule has 7 nitrogen and oxygen atoms in total. The summed E-state index contributed by atoms with van der Waals surface area (Å²) in [6, 6.07) is 10.4. The number of anilines is 1. The summed E-state index contributed by atoms with van der Waals surface area (Å²) in [7, 11) is 0. The van der Waals surface area contributed by atoms with Crippen LogP contribution in [0.25, 0.3) is 11.3 Å². The molecule has 0 spiro atoms. The van der Waals surface area contributed by atoms with E-state index in [1.807, 2.05) is 12.1 Å². The molecule has 23 heavy (non-hydrogen) atoms. The summed E-state index contributed by atoms with van der Waals surface area (Å²) >= 11 is 0. The Morgan fingerprint density at radius 3 is 2.43 bits per heavy atom. The summed E-state index contributed by atoms with van der Waals surface area (Å²) in [6.07, 6.45) is 6.01. The molecule has 0 aliphatic heterocycles. The Hall–Kier alpha value is -3.48. The summed E-state index contributed by atoms with van der Waals surface area (Å²) in [5.74, 6) is -0.468. The van der Waals surface area contributed by atoms with Gasteiger partial charge in [-0.1, -0.05) is 0 Å². The maximum Gasteiger partial charge on any atom is 0.356 e. The molecule has 2 heterocycles. The van der Waals surface area contributed by atoms with Gasteiger partial charge < -0.3 is 9.52 Å². The van der Waals surface area contributed by atoms with Crippen molar-refractivity contribution in [3.05, 3.63) is 66.9 Å². The van der Waals surface area contributed by atoms with E-state index in [9.17, 15) is 9.90 Å². The lowest BCUT2D eigenvalue weighted by Gasteiger charge is -2.04. The van der Waals surface area contributed by atoms with Gasteiger partial charge in [0.05, 0.1) is 11.9 Å². The zero-order valence-corrected chi connectivity index (χ0v) is 11.9. The number of carboxylic acid groups (broad SMARTS) is 1. The molecule has 0 bridgehead atoms. The van der Waals surface area contributed by atoms with E-state index in [1.54, 1.807) is 30.5 Å². The predicted molar refractivity (Wildman–Crippen MR) is 84.0 cm³/mol. The van der Waals surface area contributed by atoms with Crippen molar-refractivity contribution in [2.24, 2.45) is 5.10 Å². The summed E-state index contributed by atoms with van der Waals surface area (Å²) in [4.78, 5) is 19.0. The number of oxazole rings is 1. The normalized spacial score (nSPS) is 11.2. The van der Waals surface area contributed by atoms with Gasteiger partial charge in [0.2, 0.25) is 0 Å². The van der Waals surface area contributed by atoms with Gasteiger partial charge in [0, 0.05) is 23.5 Å². The summed E-state index contributed by atoms with van der Waals surface area (Å²) in [5, 5.41) is 13.2. The van der Waals surface area contributed by atoms with Gasteiger partial charge in [0.25, 0.3) is 0 Å². The van der Waals surface area contributed by atoms with Crippen molar-refractivity contribution in [3.8, 4) is 11.3 Å². The lowest BCUT2D eigenvalue weighted by molar-refractivity contribution is -0.129. The Kier molecular flexibility index (Phi) is 4.10. The van der Waals surface area contributed by atoms with Gasteiger partial charge in [-0.25, -0.2) is 9.78 Å². The third-order valence-corrected chi connectivity index (χ3v) is 3.05. The first kappa shape index (κ1) is 14.5. The molecular weight excluding hydrogens is 296 g/mol. The molecule has 0 aliphatic carbocycles. The van der Waals surface area contributed by atoms with Gasteiger partial charge in [-0.3, -0.25) is 10.4 Å². The van der Waals surface area contributed by atoms with Gasteiger partial charge in [-0.05, 0) is 36.4 Å². The van der Waals surface area contributed by atoms with Gasteiger partial charge >= 0.3 is 5.97 Å². The minimum atomic E-state index is -1.12. The molecular formula is C16H12N4O3. The fourth-order valence-electron chi connectivity index (χ4n) is 1.93. The zero-order chi connectivity index (χ0) is 16.1. The summed E-state index contributed by atoms with van der Waals surface area (Å²) in [6.45, 7) is 0. The quantitative estimate of drug-likeness (QED) is 0.555. The van der Waals surface area contributed by atoms with E-state index in [0.29, 0.717) is 17.0 Å². The van der Waals surface area contributed by atoms with Crippen molar-refractivity contribution in [3.63, 3.8) is 0 Å². The predicted octanol–water partition coefficient (Wildman–Crippen LogP) is 2.64. The number of rotatable bonds is 5. The summed E-state index contributed by atoms with van der Waals surface area (Å²) < 4.78 is 5.20. The average molecular weight is 308 g/mol. The number of aromatic nitrogens is 2. The highest BCUT2D eigenvalue weighted by Gasteiger charge is 2.12. The van der Waals surface area contributed by atoms with Crippen molar-refractivity contribution < 1.29 is 14.3 Å². The molecule has 0 atom stereocenters. The van der Waals surface area contributed by atoms with Gasteiger partial charge in [0.1, 0.15) is 0 Å². The Morgan fingerprint density at radius 1 is 1.09 bits per heavy atom. The Morgan fingerprint density at radius 2 is 1.83 bits per heavy atom. The van der Waals surface area contributed by atoms with Gasteiger partial charge in [0.15, 0.2) is 17.9 Å². The fraction of sp³-hybridized carbons (Fsp3) is 0. The van der Waals surface area contributed by atoms with E-state index in [0.717, 1.165) is 5.56 Å². The fourth-order valence-corrected chi connectivity index (χ4v) is 1.93. The van der Waals surface area contributed by atoms with E-state index >= 15 is 0 Å². The number of pyridine rings is 1. The van der Waals surface area contributed by atoms with Crippen molar-refractivity contribution in [1.82, 2.24) is 9.97 Å². The number of nitrogens with one attached hydrogen (secondary N) is 1. The number of hydrogen-bond acceptors (Lipinski definition) is 6. The minimum Gasteiger partial charge on any atom is -0.476 e. The Balaban J connectivity index is 1.79. The monoisotopic (exact) mass is 308 g/mol. The number of benzene rings is 1. The third kappa shape index (κ3) is 3.41. The van der Waals surface area contributed by atoms with E-state index in [1.165, 1.54) is 18.8 Å². The largest absolute Gasteiger partial charge is 0.476 e. The van der Waals surface area contributed by atoms with Crippen LogP contribution in [0.1, 0.15) is 5.56 Å². The number of carboxylic acids is 1. The second-order valence-corrected chi connectivity index (χ2v) is 4.56. The first-order chi connectivity index (χ1) is 11.2. The number of hydrogen-bond donors (Lipinski definition) is 2. The lowest BCUT2D eigenvalue weighted by Crippen LogP contribution is -2.16. The molecule has 114 valence electrons. The van der Waals surface area contributed by atoms with Crippen LogP contribution in [-0.2, 0) is 4.79 Å². The highest BCUT2D eigenvalue weighted by Crippen LogP contribution is 2.20. The van der Waals surface area contributed by atoms with Crippen molar-refractivity contribution in [1.29, 1.82) is 0 Å². The Bertz CT molecular complexity index is 812. The standard InChI is InChI=1S/C16H12N4O3/c21-16(22)15(12-5-7-17-8-6-12)20-19-13-3-1-11(2-4-13)14-9-18-10-23-14/h1-10,19H,(H,21,22)/b20-15-. The van der Waals surface area contributed by atoms with Crippen LogP contribution in [0.5, 0.6) is 0 Å². The van der Waals surface area contributed by atoms with Gasteiger partial charge in [-0.2, -0.15) is 5.10 Å². The number of carbonyl (C=O) groups is 1. The van der Waals surface area contributed by atoms with Crippen molar-refractivity contribution in [2.45, 2.75) is 0 Å². The van der Waals surface area contributed by atoms with Crippen LogP contribution in [0.15, 0.2) is 70.9 Å². The van der Waals surface area contributed by atoms with E-state index in [2.05, 4.69) is 20.5 Å². The SMILES string of the molecule is O=C(O)/C(=N\Nc1ccc(-c2cnco2)cc1)c1ccncc1. The van der Waals surface area contributed by atoms with E-state index in [4.69, 9.17) is 4.42 Å². The van der Waals surface area contributed by atoms with Crippen LogP contribution in [0.4, 0.5) is 5.69 Å². The van der Waals surface area contributed by atoms with E-state index in [-0.39, 0.29) is 5.71 Å². The topological polar surface area (TPSA) is 101 Å². The first-order valence-corrected chi connectivity index (χ1v) is 6.70. The molecule has 0 saturated heterocycles. The van der Waals surface area contributed by atoms with Crippen molar-refractivity contribution >= 4 is 17.4 Å². The molecule has 0 unspecified atom stereocenters. The molecule has 3 aromatic rings. The zero-order valence-electron chi connectivity index (χ0n) is 11.9. The highest BCUT2D eigenvalue weighted by atomic mass is 16.4. The molecule has 0 radical (unpaired) electrons. The van der Waals surface area contributed by atoms with Crippen LogP contribution in [-0.4, -0.2) is 26.8 Å². The Labute approximate surface area is 131 Å². The maximum atomic E-state index is 11.3. The third-order valence-electron chi connectivity index (χ3n) is 3.05. The van der Waals surface area contributed by atoms with Crippen molar-refractivity contribution in [2.75, 3.05) is 5.43 Å². The average Bonchev–Trinajstić information content (AvgIpc) is 3.11. The number of nitrogens with zero attached hydrogens (tertiary/aromatic N) is 3. The highest BCUT2D eigenvalue weighted by molar-refractivity contribution is 6.42. The maximum absolute atomic E-state index is 11.3. The molecule has 7 heteroatoms. The van der Waals surface area contributed by atoms with Crippen LogP contribution in [0.3, 0.4) is 0 Å². The van der Waals surface area contributed by atoms with E-state index < -0.39 is 5.97 Å². The molecule has 2 N–H and O–H groups in total. The molecule has 3 rings (SSSR count). The molecule has 0 amide bonds. The van der Waals surface area contributed by atoms with Crippen LogP contribution in [0, 0.1) is 0 Å². The van der Waals surface area contributed by atoms with Crippen LogP contribution < -0.4 is 5.43 Å². The van der Waals surface area contributed by atoms with Crippen LogP contribution in [0.2, 0.25) is 0 Å². The molecule has 0 aliphatic rings. The number of hydrazone groups is 1. The van der Waals surface area contributed by atoms with Gasteiger partial charge in [-0.15, -0.1) is 0 Å². The summed E-state index contributed by atoms with van der Waals surface area (Å²) in [5.41, 5.74) is 4.64. The van der Waals surface area contributed by atoms with Crippen LogP contribution >= 0.6 is 0 Å². The minimum absolute atomic E-state index is 0.0910. The second-order valence-electron chi connectivity index (χ2n) is 4.56. The second kappa shape index (κ2) is 6.52. The lowest BCUT2D eigenvalue weighted by atomic mass is 10.1. The first-order valence-electron chi connectivity index (χ1n) is 6.70.